The summed E-state index contributed by atoms with van der Waals surface area (Å²) in [5.74, 6) is 0. The monoisotopic (exact) mass is 310 g/mol. The molecule has 0 amide bonds. The summed E-state index contributed by atoms with van der Waals surface area (Å²) in [6.45, 7) is 0. The van der Waals surface area contributed by atoms with Crippen LogP contribution in [0.1, 0.15) is 5.56 Å². The molecule has 20 heavy (non-hydrogen) atoms. The van der Waals surface area contributed by atoms with Gasteiger partial charge in [-0.25, -0.2) is 0 Å². The Kier molecular flexibility index (Phi) is 5.00. The van der Waals surface area contributed by atoms with E-state index >= 15 is 0 Å². The van der Waals surface area contributed by atoms with E-state index in [4.69, 9.17) is 20.6 Å². The van der Waals surface area contributed by atoms with Crippen LogP contribution in [0.15, 0.2) is 48.5 Å². The highest BCUT2D eigenvalue weighted by molar-refractivity contribution is 7.52. The van der Waals surface area contributed by atoms with E-state index in [-0.39, 0.29) is 6.16 Å². The van der Waals surface area contributed by atoms with Crippen LogP contribution in [-0.2, 0) is 19.8 Å². The van der Waals surface area contributed by atoms with Gasteiger partial charge in [0.15, 0.2) is 0 Å². The topological polar surface area (TPSA) is 35.5 Å². The minimum atomic E-state index is -3.13. The molecule has 0 N–H and O–H groups in total. The lowest BCUT2D eigenvalue weighted by Gasteiger charge is -2.16. The second-order valence-electron chi connectivity index (χ2n) is 4.30. The molecule has 106 valence electrons. The molecule has 0 spiro atoms. The summed E-state index contributed by atoms with van der Waals surface area (Å²) in [6.07, 6.45) is 0.185. The summed E-state index contributed by atoms with van der Waals surface area (Å²) in [5, 5.41) is 0.596. The quantitative estimate of drug-likeness (QED) is 0.730. The lowest BCUT2D eigenvalue weighted by atomic mass is 10.0. The Morgan fingerprint density at radius 1 is 1.05 bits per heavy atom. The van der Waals surface area contributed by atoms with E-state index in [2.05, 4.69) is 0 Å². The zero-order valence-electron chi connectivity index (χ0n) is 11.4. The maximum Gasteiger partial charge on any atom is 0.334 e. The second-order valence-corrected chi connectivity index (χ2v) is 7.01. The molecule has 2 aromatic rings. The molecule has 0 bridgehead atoms. The predicted molar refractivity (Wildman–Crippen MR) is 82.2 cm³/mol. The first kappa shape index (κ1) is 15.3. The van der Waals surface area contributed by atoms with Crippen LogP contribution in [0.3, 0.4) is 0 Å². The van der Waals surface area contributed by atoms with Gasteiger partial charge in [-0.1, -0.05) is 48.0 Å². The third-order valence-electron chi connectivity index (χ3n) is 3.07. The molecule has 5 heteroatoms. The summed E-state index contributed by atoms with van der Waals surface area (Å²) in [6, 6.07) is 15.4. The highest BCUT2D eigenvalue weighted by atomic mass is 35.5. The fourth-order valence-corrected chi connectivity index (χ4v) is 3.29. The lowest BCUT2D eigenvalue weighted by Crippen LogP contribution is -1.96. The van der Waals surface area contributed by atoms with E-state index in [1.165, 1.54) is 14.2 Å². The van der Waals surface area contributed by atoms with Crippen LogP contribution in [-0.4, -0.2) is 14.2 Å². The van der Waals surface area contributed by atoms with Gasteiger partial charge < -0.3 is 9.05 Å². The van der Waals surface area contributed by atoms with Crippen molar-refractivity contribution in [2.45, 2.75) is 6.16 Å². The Hall–Kier alpha value is -1.12. The van der Waals surface area contributed by atoms with Crippen molar-refractivity contribution in [3.8, 4) is 11.1 Å². The summed E-state index contributed by atoms with van der Waals surface area (Å²) in [5.41, 5.74) is 2.86. The Labute approximate surface area is 124 Å². The highest BCUT2D eigenvalue weighted by Crippen LogP contribution is 2.51. The molecule has 2 aromatic carbocycles. The van der Waals surface area contributed by atoms with Gasteiger partial charge in [-0.15, -0.1) is 0 Å². The van der Waals surface area contributed by atoms with E-state index in [0.29, 0.717) is 5.02 Å². The molecular weight excluding hydrogens is 295 g/mol. The minimum Gasteiger partial charge on any atom is -0.312 e. The Morgan fingerprint density at radius 3 is 2.30 bits per heavy atom. The van der Waals surface area contributed by atoms with Gasteiger partial charge in [0.2, 0.25) is 0 Å². The Bertz CT molecular complexity index is 620. The standard InChI is InChI=1S/C15H16ClO3P/c1-18-20(17,19-2)11-13-10-14(16)8-9-15(13)12-6-4-3-5-7-12/h3-10H,11H2,1-2H3. The van der Waals surface area contributed by atoms with Crippen LogP contribution in [0.25, 0.3) is 11.1 Å². The van der Waals surface area contributed by atoms with E-state index < -0.39 is 7.60 Å². The van der Waals surface area contributed by atoms with Crippen molar-refractivity contribution in [2.75, 3.05) is 14.2 Å². The van der Waals surface area contributed by atoms with Gasteiger partial charge in [0.1, 0.15) is 0 Å². The van der Waals surface area contributed by atoms with Crippen LogP contribution >= 0.6 is 19.2 Å². The molecule has 0 atom stereocenters. The third kappa shape index (κ3) is 3.50. The molecular formula is C15H16ClO3P. The maximum atomic E-state index is 12.3. The first-order chi connectivity index (χ1) is 9.58. The smallest absolute Gasteiger partial charge is 0.312 e. The zero-order valence-corrected chi connectivity index (χ0v) is 13.0. The molecule has 0 aliphatic heterocycles. The summed E-state index contributed by atoms with van der Waals surface area (Å²) < 4.78 is 22.4. The molecule has 0 saturated heterocycles. The minimum absolute atomic E-state index is 0.185. The second kappa shape index (κ2) is 6.55. The van der Waals surface area contributed by atoms with Crippen LogP contribution < -0.4 is 0 Å². The van der Waals surface area contributed by atoms with Crippen molar-refractivity contribution in [3.05, 3.63) is 59.1 Å². The summed E-state index contributed by atoms with van der Waals surface area (Å²) in [7, 11) is -0.357. The molecule has 0 unspecified atom stereocenters. The van der Waals surface area contributed by atoms with Crippen molar-refractivity contribution in [1.82, 2.24) is 0 Å². The average Bonchev–Trinajstić information content (AvgIpc) is 2.48. The van der Waals surface area contributed by atoms with E-state index in [0.717, 1.165) is 16.7 Å². The van der Waals surface area contributed by atoms with Gasteiger partial charge in [0.25, 0.3) is 0 Å². The number of benzene rings is 2. The summed E-state index contributed by atoms with van der Waals surface area (Å²) in [4.78, 5) is 0. The zero-order chi connectivity index (χ0) is 14.6. The SMILES string of the molecule is COP(=O)(Cc1cc(Cl)ccc1-c1ccccc1)OC. The first-order valence-electron chi connectivity index (χ1n) is 6.12. The molecule has 0 radical (unpaired) electrons. The predicted octanol–water partition coefficient (Wildman–Crippen LogP) is 4.99. The Balaban J connectivity index is 2.47. The van der Waals surface area contributed by atoms with E-state index in [1.54, 1.807) is 6.07 Å². The molecule has 0 aromatic heterocycles. The van der Waals surface area contributed by atoms with Crippen LogP contribution in [0, 0.1) is 0 Å². The van der Waals surface area contributed by atoms with Crippen molar-refractivity contribution in [2.24, 2.45) is 0 Å². The number of hydrogen-bond donors (Lipinski definition) is 0. The third-order valence-corrected chi connectivity index (χ3v) is 5.15. The molecule has 2 rings (SSSR count). The average molecular weight is 311 g/mol. The van der Waals surface area contributed by atoms with Gasteiger partial charge in [-0.3, -0.25) is 4.57 Å². The molecule has 0 heterocycles. The Morgan fingerprint density at radius 2 is 1.70 bits per heavy atom. The lowest BCUT2D eigenvalue weighted by molar-refractivity contribution is 0.275. The number of rotatable bonds is 5. The molecule has 0 aliphatic rings. The normalized spacial score (nSPS) is 11.6. The largest absolute Gasteiger partial charge is 0.334 e. The van der Waals surface area contributed by atoms with Crippen molar-refractivity contribution in [3.63, 3.8) is 0 Å². The van der Waals surface area contributed by atoms with Crippen LogP contribution in [0.4, 0.5) is 0 Å². The molecule has 0 aliphatic carbocycles. The van der Waals surface area contributed by atoms with E-state index in [1.807, 2.05) is 42.5 Å². The highest BCUT2D eigenvalue weighted by Gasteiger charge is 2.23. The maximum absolute atomic E-state index is 12.3. The molecule has 0 saturated carbocycles. The van der Waals surface area contributed by atoms with Crippen molar-refractivity contribution < 1.29 is 13.6 Å². The van der Waals surface area contributed by atoms with Crippen molar-refractivity contribution >= 4 is 19.2 Å². The van der Waals surface area contributed by atoms with Crippen LogP contribution in [0.5, 0.6) is 0 Å². The molecule has 3 nitrogen and oxygen atoms in total. The molecule has 0 fully saturated rings. The fourth-order valence-electron chi connectivity index (χ4n) is 2.00. The van der Waals surface area contributed by atoms with Gasteiger partial charge in [0, 0.05) is 19.2 Å². The van der Waals surface area contributed by atoms with Crippen LogP contribution in [0.2, 0.25) is 5.02 Å². The van der Waals surface area contributed by atoms with Gasteiger partial charge >= 0.3 is 7.60 Å². The van der Waals surface area contributed by atoms with Gasteiger partial charge in [0.05, 0.1) is 6.16 Å². The van der Waals surface area contributed by atoms with E-state index in [9.17, 15) is 4.57 Å². The van der Waals surface area contributed by atoms with Crippen molar-refractivity contribution in [1.29, 1.82) is 0 Å². The summed E-state index contributed by atoms with van der Waals surface area (Å²) >= 11 is 6.05. The number of hydrogen-bond acceptors (Lipinski definition) is 3. The first-order valence-corrected chi connectivity index (χ1v) is 8.23. The van der Waals surface area contributed by atoms with Gasteiger partial charge in [-0.05, 0) is 28.8 Å². The number of halogens is 1. The van der Waals surface area contributed by atoms with Gasteiger partial charge in [-0.2, -0.15) is 0 Å². The fraction of sp³-hybridized carbons (Fsp3) is 0.200.